The number of nitriles is 1. The number of anilines is 1. The molecule has 5 heterocycles. The molecule has 4 unspecified atom stereocenters. The topological polar surface area (TPSA) is 302 Å². The molecular weight excluding hydrogens is 806 g/mol. The van der Waals surface area contributed by atoms with Gasteiger partial charge in [0.2, 0.25) is 11.8 Å². The Morgan fingerprint density at radius 1 is 1.02 bits per heavy atom. The SMILES string of the molecule is CO[C@@H]1OC(CO)[C@@H](O)[C@H](O[C@@H]2OC(C(=O)NCCCCNC(=O)OCn3ccc4c(N(C)[C@H]5CN(C(=O)CC#N)CC[C@H]5C)ncnc43)[C@@H](OC)[C@H](O)C2O)C1NC(C)=O. The van der Waals surface area contributed by atoms with Gasteiger partial charge >= 0.3 is 6.09 Å². The molecule has 3 aliphatic rings. The van der Waals surface area contributed by atoms with Crippen LogP contribution in [0, 0.1) is 17.2 Å². The highest BCUT2D eigenvalue weighted by molar-refractivity contribution is 5.88. The maximum atomic E-state index is 13.3. The molecule has 3 fully saturated rings. The first-order chi connectivity index (χ1) is 29.2. The number of nitrogens with one attached hydrogen (secondary N) is 3. The number of aliphatic hydroxyl groups is 4. The molecule has 0 aromatic carbocycles. The first-order valence-electron chi connectivity index (χ1n) is 20.0. The van der Waals surface area contributed by atoms with Gasteiger partial charge in [0.15, 0.2) is 25.4 Å². The monoisotopic (exact) mass is 863 g/mol. The second-order valence-corrected chi connectivity index (χ2v) is 15.2. The zero-order valence-electron chi connectivity index (χ0n) is 34.8. The van der Waals surface area contributed by atoms with E-state index in [1.165, 1.54) is 27.5 Å². The van der Waals surface area contributed by atoms with Gasteiger partial charge in [0, 0.05) is 60.6 Å². The van der Waals surface area contributed by atoms with Crippen molar-refractivity contribution in [3.63, 3.8) is 0 Å². The van der Waals surface area contributed by atoms with E-state index < -0.39 is 85.9 Å². The van der Waals surface area contributed by atoms with Gasteiger partial charge < -0.3 is 74.6 Å². The maximum absolute atomic E-state index is 13.3. The third kappa shape index (κ3) is 11.2. The average molecular weight is 864 g/mol. The van der Waals surface area contributed by atoms with E-state index in [-0.39, 0.29) is 44.1 Å². The molecule has 0 saturated carbocycles. The minimum absolute atomic E-state index is 0.0403. The zero-order valence-corrected chi connectivity index (χ0v) is 34.8. The van der Waals surface area contributed by atoms with Crippen molar-refractivity contribution in [3.05, 3.63) is 18.6 Å². The number of hydrogen-bond donors (Lipinski definition) is 7. The Bertz CT molecular complexity index is 1850. The predicted octanol–water partition coefficient (Wildman–Crippen LogP) is -2.33. The Labute approximate surface area is 352 Å². The number of unbranched alkanes of at least 4 members (excludes halogenated alkanes) is 1. The predicted molar refractivity (Wildman–Crippen MR) is 210 cm³/mol. The van der Waals surface area contributed by atoms with Gasteiger partial charge in [-0.2, -0.15) is 5.26 Å². The largest absolute Gasteiger partial charge is 0.428 e. The van der Waals surface area contributed by atoms with Crippen LogP contribution < -0.4 is 20.9 Å². The molecular formula is C38H57N9O14. The number of aromatic nitrogens is 3. The molecule has 2 aromatic rings. The number of likely N-dealkylation sites (tertiary alicyclic amines) is 1. The number of nitrogens with zero attached hydrogens (tertiary/aromatic N) is 6. The summed E-state index contributed by atoms with van der Waals surface area (Å²) in [6, 6.07) is 2.58. The van der Waals surface area contributed by atoms with Gasteiger partial charge in [-0.15, -0.1) is 0 Å². The summed E-state index contributed by atoms with van der Waals surface area (Å²) in [6.07, 6.45) is -9.30. The van der Waals surface area contributed by atoms with Gasteiger partial charge in [0.1, 0.15) is 66.9 Å². The summed E-state index contributed by atoms with van der Waals surface area (Å²) in [5.74, 6) is -0.506. The number of ether oxygens (including phenoxy) is 6. The Morgan fingerprint density at radius 2 is 1.75 bits per heavy atom. The van der Waals surface area contributed by atoms with E-state index in [9.17, 15) is 39.6 Å². The van der Waals surface area contributed by atoms with Crippen LogP contribution >= 0.6 is 0 Å². The standard InChI is InChI=1S/C38H57N9O14/c1-20-9-14-46(25(50)8-11-39)16-23(20)45(3)33-22-10-15-47(34(22)43-18-42-33)19-58-38(55)41-13-7-6-12-40-35(54)32-31(56-4)28(52)29(53)37(61-32)60-30-26(44-21(2)49)36(57-5)59-24(17-48)27(30)51/h10,15,18,20,23-24,26-32,36-37,48,51-53H,6-9,12-14,16-17,19H2,1-5H3,(H,40,54)(H,41,55)(H,44,49)/t20-,23+,24?,26?,27-,28-,29?,30-,31+,32?,36-,37-/m1/s1. The highest BCUT2D eigenvalue weighted by atomic mass is 16.7. The number of carbonyl (C=O) groups is 4. The van der Waals surface area contributed by atoms with Gasteiger partial charge in [0.25, 0.3) is 5.91 Å². The van der Waals surface area contributed by atoms with Crippen molar-refractivity contribution in [2.45, 2.75) is 114 Å². The number of piperidine rings is 1. The molecule has 23 heteroatoms. The third-order valence-electron chi connectivity index (χ3n) is 11.2. The lowest BCUT2D eigenvalue weighted by Gasteiger charge is -2.47. The summed E-state index contributed by atoms with van der Waals surface area (Å²) in [5.41, 5.74) is 0.546. The van der Waals surface area contributed by atoms with Crippen molar-refractivity contribution < 1.29 is 68.0 Å². The van der Waals surface area contributed by atoms with Crippen LogP contribution in [0.3, 0.4) is 0 Å². The van der Waals surface area contributed by atoms with Crippen molar-refractivity contribution in [1.29, 1.82) is 5.26 Å². The van der Waals surface area contributed by atoms with Crippen LogP contribution in [-0.2, 0) is 49.5 Å². The first-order valence-corrected chi connectivity index (χ1v) is 20.0. The number of carbonyl (C=O) groups excluding carboxylic acids is 4. The van der Waals surface area contributed by atoms with E-state index in [1.54, 1.807) is 15.7 Å². The molecule has 0 aliphatic carbocycles. The molecule has 3 saturated heterocycles. The fraction of sp³-hybridized carbons (Fsp3) is 0.711. The van der Waals surface area contributed by atoms with E-state index in [2.05, 4.69) is 32.8 Å². The molecule has 2 aromatic heterocycles. The molecule has 0 bridgehead atoms. The number of methoxy groups -OCH3 is 2. The minimum atomic E-state index is -1.76. The number of amides is 4. The Morgan fingerprint density at radius 3 is 2.43 bits per heavy atom. The van der Waals surface area contributed by atoms with Gasteiger partial charge in [-0.25, -0.2) is 14.8 Å². The van der Waals surface area contributed by atoms with Crippen LogP contribution in [0.1, 0.15) is 39.5 Å². The number of aliphatic hydroxyl groups excluding tert-OH is 4. The van der Waals surface area contributed by atoms with E-state index in [0.29, 0.717) is 37.4 Å². The van der Waals surface area contributed by atoms with Crippen LogP contribution in [0.25, 0.3) is 11.0 Å². The fourth-order valence-electron chi connectivity index (χ4n) is 7.82. The number of fused-ring (bicyclic) bond motifs is 1. The van der Waals surface area contributed by atoms with E-state index in [1.807, 2.05) is 24.1 Å². The van der Waals surface area contributed by atoms with Crippen LogP contribution in [0.15, 0.2) is 18.6 Å². The Kier molecular flexibility index (Phi) is 16.9. The van der Waals surface area contributed by atoms with Gasteiger partial charge in [-0.1, -0.05) is 6.92 Å². The minimum Gasteiger partial charge on any atom is -0.428 e. The molecule has 7 N–H and O–H groups in total. The third-order valence-corrected chi connectivity index (χ3v) is 11.2. The quantitative estimate of drug-likeness (QED) is 0.0821. The normalized spacial score (nSPS) is 30.3. The van der Waals surface area contributed by atoms with E-state index in [0.717, 1.165) is 11.8 Å². The molecule has 0 spiro atoms. The van der Waals surface area contributed by atoms with Gasteiger partial charge in [0.05, 0.1) is 24.1 Å². The smallest absolute Gasteiger partial charge is 0.408 e. The summed E-state index contributed by atoms with van der Waals surface area (Å²) < 4.78 is 34.9. The van der Waals surface area contributed by atoms with Crippen LogP contribution in [0.4, 0.5) is 10.6 Å². The summed E-state index contributed by atoms with van der Waals surface area (Å²) >= 11 is 0. The molecule has 23 nitrogen and oxygen atoms in total. The van der Waals surface area contributed by atoms with Crippen LogP contribution in [0.2, 0.25) is 0 Å². The van der Waals surface area contributed by atoms with Crippen molar-refractivity contribution in [1.82, 2.24) is 35.4 Å². The highest BCUT2D eigenvalue weighted by Crippen LogP contribution is 2.32. The fourth-order valence-corrected chi connectivity index (χ4v) is 7.82. The first kappa shape index (κ1) is 47.3. The second kappa shape index (κ2) is 21.8. The van der Waals surface area contributed by atoms with Crippen molar-refractivity contribution in [3.8, 4) is 6.07 Å². The molecule has 12 atom stereocenters. The zero-order chi connectivity index (χ0) is 44.4. The number of alkyl carbamates (subject to hydrolysis) is 1. The maximum Gasteiger partial charge on any atom is 0.408 e. The molecule has 3 aliphatic heterocycles. The van der Waals surface area contributed by atoms with Crippen LogP contribution in [0.5, 0.6) is 0 Å². The van der Waals surface area contributed by atoms with Crippen molar-refractivity contribution in [2.24, 2.45) is 5.92 Å². The highest BCUT2D eigenvalue weighted by Gasteiger charge is 2.53. The second-order valence-electron chi connectivity index (χ2n) is 15.2. The average Bonchev–Trinajstić information content (AvgIpc) is 3.67. The number of likely N-dealkylation sites (N-methyl/N-ethyl adjacent to an activating group) is 1. The summed E-state index contributed by atoms with van der Waals surface area (Å²) in [6.45, 7) is 3.97. The lowest BCUT2D eigenvalue weighted by molar-refractivity contribution is -0.338. The number of rotatable bonds is 17. The summed E-state index contributed by atoms with van der Waals surface area (Å²) in [5, 5.41) is 60.1. The molecule has 4 amide bonds. The summed E-state index contributed by atoms with van der Waals surface area (Å²) in [4.78, 5) is 63.0. The van der Waals surface area contributed by atoms with E-state index >= 15 is 0 Å². The van der Waals surface area contributed by atoms with Gasteiger partial charge in [-0.05, 0) is 31.2 Å². The Hall–Kier alpha value is -4.77. The molecule has 5 rings (SSSR count). The lowest BCUT2D eigenvalue weighted by atomic mass is 9.92. The molecule has 61 heavy (non-hydrogen) atoms. The van der Waals surface area contributed by atoms with Gasteiger partial charge in [-0.3, -0.25) is 19.0 Å². The molecule has 338 valence electrons. The van der Waals surface area contributed by atoms with Crippen LogP contribution in [-0.4, -0.2) is 185 Å². The van der Waals surface area contributed by atoms with E-state index in [4.69, 9.17) is 33.7 Å². The Balaban J connectivity index is 1.08. The van der Waals surface area contributed by atoms with Crippen molar-refractivity contribution in [2.75, 3.05) is 59.0 Å². The molecule has 0 radical (unpaired) electrons. The van der Waals surface area contributed by atoms with Crippen molar-refractivity contribution >= 4 is 40.7 Å². The summed E-state index contributed by atoms with van der Waals surface area (Å²) in [7, 11) is 4.41. The number of hydrogen-bond acceptors (Lipinski definition) is 18. The lowest BCUT2D eigenvalue weighted by Crippen LogP contribution is -2.68.